The fourth-order valence-corrected chi connectivity index (χ4v) is 2.56. The molecule has 5 nitrogen and oxygen atoms in total. The molecule has 0 aliphatic rings. The molecule has 126 valence electrons. The average molecular weight is 399 g/mol. The van der Waals surface area contributed by atoms with Crippen molar-refractivity contribution in [2.75, 3.05) is 12.4 Å². The van der Waals surface area contributed by atoms with Gasteiger partial charge >= 0.3 is 0 Å². The predicted octanol–water partition coefficient (Wildman–Crippen LogP) is 4.90. The fourth-order valence-electron chi connectivity index (χ4n) is 2.16. The second kappa shape index (κ2) is 7.81. The number of nitrogens with one attached hydrogen (secondary N) is 1. The summed E-state index contributed by atoms with van der Waals surface area (Å²) in [5.74, 6) is 1.39. The number of anilines is 1. The zero-order valence-electron chi connectivity index (χ0n) is 13.4. The van der Waals surface area contributed by atoms with Crippen LogP contribution in [0.2, 0.25) is 0 Å². The SMILES string of the molecule is COc1ccccc1Oc1ccc(NC(=O)c2cccc(Br)c2)cn1. The smallest absolute Gasteiger partial charge is 0.255 e. The minimum Gasteiger partial charge on any atom is -0.493 e. The standard InChI is InChI=1S/C19H15BrN2O3/c1-24-16-7-2-3-8-17(16)25-18-10-9-15(12-21-18)22-19(23)13-5-4-6-14(20)11-13/h2-12H,1H3,(H,22,23). The van der Waals surface area contributed by atoms with Gasteiger partial charge in [0.15, 0.2) is 11.5 Å². The van der Waals surface area contributed by atoms with Crippen LogP contribution in [-0.2, 0) is 0 Å². The largest absolute Gasteiger partial charge is 0.493 e. The van der Waals surface area contributed by atoms with E-state index in [2.05, 4.69) is 26.2 Å². The molecule has 0 saturated heterocycles. The summed E-state index contributed by atoms with van der Waals surface area (Å²) in [5, 5.41) is 2.80. The lowest BCUT2D eigenvalue weighted by atomic mass is 10.2. The number of nitrogens with zero attached hydrogens (tertiary/aromatic N) is 1. The Hall–Kier alpha value is -2.86. The van der Waals surface area contributed by atoms with Crippen LogP contribution in [-0.4, -0.2) is 18.0 Å². The Bertz CT molecular complexity index is 882. The number of para-hydroxylation sites is 2. The van der Waals surface area contributed by atoms with Gasteiger partial charge in [-0.25, -0.2) is 4.98 Å². The number of amides is 1. The van der Waals surface area contributed by atoms with Crippen molar-refractivity contribution < 1.29 is 14.3 Å². The molecule has 1 amide bonds. The van der Waals surface area contributed by atoms with Crippen molar-refractivity contribution in [3.63, 3.8) is 0 Å². The van der Waals surface area contributed by atoms with Gasteiger partial charge in [-0.1, -0.05) is 34.1 Å². The van der Waals surface area contributed by atoms with Gasteiger partial charge in [0.1, 0.15) is 0 Å². The molecule has 3 aromatic rings. The molecule has 0 atom stereocenters. The van der Waals surface area contributed by atoms with Crippen LogP contribution in [0, 0.1) is 0 Å². The maximum atomic E-state index is 12.2. The fraction of sp³-hybridized carbons (Fsp3) is 0.0526. The Morgan fingerprint density at radius 3 is 2.52 bits per heavy atom. The molecule has 0 unspecified atom stereocenters. The van der Waals surface area contributed by atoms with Crippen molar-refractivity contribution >= 4 is 27.5 Å². The van der Waals surface area contributed by atoms with E-state index in [0.717, 1.165) is 4.47 Å². The summed E-state index contributed by atoms with van der Waals surface area (Å²) in [7, 11) is 1.58. The van der Waals surface area contributed by atoms with Gasteiger partial charge in [0.25, 0.3) is 5.91 Å². The van der Waals surface area contributed by atoms with E-state index >= 15 is 0 Å². The average Bonchev–Trinajstić information content (AvgIpc) is 2.64. The summed E-state index contributed by atoms with van der Waals surface area (Å²) in [6.45, 7) is 0. The van der Waals surface area contributed by atoms with Crippen molar-refractivity contribution in [1.29, 1.82) is 0 Å². The number of pyridine rings is 1. The highest BCUT2D eigenvalue weighted by atomic mass is 79.9. The van der Waals surface area contributed by atoms with Gasteiger partial charge in [0.2, 0.25) is 5.88 Å². The number of halogens is 1. The monoisotopic (exact) mass is 398 g/mol. The molecule has 1 aromatic heterocycles. The molecule has 1 N–H and O–H groups in total. The number of hydrogen-bond acceptors (Lipinski definition) is 4. The van der Waals surface area contributed by atoms with Crippen LogP contribution in [0.15, 0.2) is 71.3 Å². The van der Waals surface area contributed by atoms with Gasteiger partial charge in [-0.05, 0) is 36.4 Å². The van der Waals surface area contributed by atoms with Gasteiger partial charge in [0.05, 0.1) is 19.0 Å². The van der Waals surface area contributed by atoms with Crippen LogP contribution in [0.3, 0.4) is 0 Å². The molecule has 2 aromatic carbocycles. The minimum atomic E-state index is -0.207. The van der Waals surface area contributed by atoms with Crippen molar-refractivity contribution in [2.24, 2.45) is 0 Å². The maximum absolute atomic E-state index is 12.2. The number of carbonyl (C=O) groups is 1. The molecule has 0 saturated carbocycles. The summed E-state index contributed by atoms with van der Waals surface area (Å²) in [4.78, 5) is 16.4. The van der Waals surface area contributed by atoms with E-state index in [0.29, 0.717) is 28.6 Å². The highest BCUT2D eigenvalue weighted by molar-refractivity contribution is 9.10. The first-order valence-electron chi connectivity index (χ1n) is 7.49. The van der Waals surface area contributed by atoms with E-state index in [1.165, 1.54) is 0 Å². The molecule has 6 heteroatoms. The van der Waals surface area contributed by atoms with Gasteiger partial charge in [-0.2, -0.15) is 0 Å². The van der Waals surface area contributed by atoms with E-state index in [1.54, 1.807) is 49.7 Å². The van der Waals surface area contributed by atoms with E-state index in [9.17, 15) is 4.79 Å². The third-order valence-electron chi connectivity index (χ3n) is 3.36. The molecular formula is C19H15BrN2O3. The first-order valence-corrected chi connectivity index (χ1v) is 8.29. The number of benzene rings is 2. The van der Waals surface area contributed by atoms with Crippen LogP contribution in [0.5, 0.6) is 17.4 Å². The molecule has 0 radical (unpaired) electrons. The predicted molar refractivity (Wildman–Crippen MR) is 99.4 cm³/mol. The number of aromatic nitrogens is 1. The van der Waals surface area contributed by atoms with Gasteiger partial charge in [0, 0.05) is 16.1 Å². The van der Waals surface area contributed by atoms with Crippen LogP contribution < -0.4 is 14.8 Å². The highest BCUT2D eigenvalue weighted by Gasteiger charge is 2.08. The van der Waals surface area contributed by atoms with Gasteiger partial charge < -0.3 is 14.8 Å². The zero-order chi connectivity index (χ0) is 17.6. The number of rotatable bonds is 5. The Morgan fingerprint density at radius 2 is 1.84 bits per heavy atom. The van der Waals surface area contributed by atoms with E-state index < -0.39 is 0 Å². The molecule has 3 rings (SSSR count). The van der Waals surface area contributed by atoms with Crippen LogP contribution in [0.25, 0.3) is 0 Å². The Balaban J connectivity index is 1.69. The molecule has 25 heavy (non-hydrogen) atoms. The quantitative estimate of drug-likeness (QED) is 0.663. The summed E-state index contributed by atoms with van der Waals surface area (Å²) in [6, 6.07) is 17.9. The second-order valence-corrected chi connectivity index (χ2v) is 6.02. The zero-order valence-corrected chi connectivity index (χ0v) is 15.0. The van der Waals surface area contributed by atoms with Crippen LogP contribution in [0.4, 0.5) is 5.69 Å². The molecular weight excluding hydrogens is 384 g/mol. The second-order valence-electron chi connectivity index (χ2n) is 5.10. The first kappa shape index (κ1) is 17.0. The summed E-state index contributed by atoms with van der Waals surface area (Å²) in [5.41, 5.74) is 1.14. The third kappa shape index (κ3) is 4.36. The summed E-state index contributed by atoms with van der Waals surface area (Å²) < 4.78 is 11.8. The van der Waals surface area contributed by atoms with Gasteiger partial charge in [-0.3, -0.25) is 4.79 Å². The molecule has 0 bridgehead atoms. The Kier molecular flexibility index (Phi) is 5.30. The van der Waals surface area contributed by atoms with Crippen molar-refractivity contribution in [1.82, 2.24) is 4.98 Å². The first-order chi connectivity index (χ1) is 12.2. The highest BCUT2D eigenvalue weighted by Crippen LogP contribution is 2.30. The van der Waals surface area contributed by atoms with Crippen molar-refractivity contribution in [2.45, 2.75) is 0 Å². The van der Waals surface area contributed by atoms with E-state index in [-0.39, 0.29) is 5.91 Å². The van der Waals surface area contributed by atoms with Crippen LogP contribution in [0.1, 0.15) is 10.4 Å². The molecule has 0 spiro atoms. The maximum Gasteiger partial charge on any atom is 0.255 e. The van der Waals surface area contributed by atoms with Crippen molar-refractivity contribution in [3.8, 4) is 17.4 Å². The lowest BCUT2D eigenvalue weighted by Crippen LogP contribution is -2.11. The Labute approximate surface area is 153 Å². The summed E-state index contributed by atoms with van der Waals surface area (Å²) in [6.07, 6.45) is 1.54. The lowest BCUT2D eigenvalue weighted by molar-refractivity contribution is 0.102. The number of methoxy groups -OCH3 is 1. The van der Waals surface area contributed by atoms with Crippen LogP contribution >= 0.6 is 15.9 Å². The normalized spacial score (nSPS) is 10.2. The minimum absolute atomic E-state index is 0.207. The topological polar surface area (TPSA) is 60.5 Å². The molecule has 0 aliphatic heterocycles. The summed E-state index contributed by atoms with van der Waals surface area (Å²) >= 11 is 3.35. The van der Waals surface area contributed by atoms with Crippen molar-refractivity contribution in [3.05, 3.63) is 76.9 Å². The Morgan fingerprint density at radius 1 is 1.04 bits per heavy atom. The lowest BCUT2D eigenvalue weighted by Gasteiger charge is -2.10. The van der Waals surface area contributed by atoms with Gasteiger partial charge in [-0.15, -0.1) is 0 Å². The van der Waals surface area contributed by atoms with E-state index in [4.69, 9.17) is 9.47 Å². The molecule has 0 aliphatic carbocycles. The number of hydrogen-bond donors (Lipinski definition) is 1. The van der Waals surface area contributed by atoms with E-state index in [1.807, 2.05) is 24.3 Å². The number of ether oxygens (including phenoxy) is 2. The third-order valence-corrected chi connectivity index (χ3v) is 3.86. The molecule has 0 fully saturated rings. The molecule has 1 heterocycles. The number of carbonyl (C=O) groups excluding carboxylic acids is 1.